The lowest BCUT2D eigenvalue weighted by molar-refractivity contribution is -0.139. The van der Waals surface area contributed by atoms with Gasteiger partial charge in [-0.1, -0.05) is 47.6 Å². The van der Waals surface area contributed by atoms with E-state index in [2.05, 4.69) is 5.16 Å². The highest BCUT2D eigenvalue weighted by atomic mass is 32.2. The predicted octanol–water partition coefficient (Wildman–Crippen LogP) is 3.51. The monoisotopic (exact) mass is 465 g/mol. The first-order chi connectivity index (χ1) is 15.2. The number of rotatable bonds is 4. The van der Waals surface area contributed by atoms with Crippen LogP contribution in [0.2, 0.25) is 0 Å². The van der Waals surface area contributed by atoms with Gasteiger partial charge in [-0.2, -0.15) is 17.5 Å². The number of carbonyl (C=O) groups excluding carboxylic acids is 1. The number of halogens is 3. The smallest absolute Gasteiger partial charge is 0.355 e. The highest BCUT2D eigenvalue weighted by Crippen LogP contribution is 2.35. The van der Waals surface area contributed by atoms with E-state index in [0.29, 0.717) is 5.76 Å². The molecule has 0 unspecified atom stereocenters. The Morgan fingerprint density at radius 1 is 0.938 bits per heavy atom. The minimum absolute atomic E-state index is 0.0137. The molecule has 0 aliphatic carbocycles. The van der Waals surface area contributed by atoms with Crippen molar-refractivity contribution in [2.24, 2.45) is 0 Å². The van der Waals surface area contributed by atoms with E-state index in [0.717, 1.165) is 28.1 Å². The summed E-state index contributed by atoms with van der Waals surface area (Å²) in [5.41, 5.74) is -0.393. The normalized spacial score (nSPS) is 15.7. The number of alkyl halides is 3. The summed E-state index contributed by atoms with van der Waals surface area (Å²) in [7, 11) is -4.38. The van der Waals surface area contributed by atoms with E-state index in [1.807, 2.05) is 18.2 Å². The molecule has 1 amide bonds. The van der Waals surface area contributed by atoms with E-state index < -0.39 is 32.6 Å². The molecule has 1 saturated heterocycles. The average Bonchev–Trinajstić information content (AvgIpc) is 3.29. The first-order valence-electron chi connectivity index (χ1n) is 9.66. The Bertz CT molecular complexity index is 1220. The highest BCUT2D eigenvalue weighted by molar-refractivity contribution is 7.89. The molecule has 0 bridgehead atoms. The minimum Gasteiger partial charge on any atom is -0.355 e. The Morgan fingerprint density at radius 2 is 1.56 bits per heavy atom. The molecule has 0 radical (unpaired) electrons. The Hall–Kier alpha value is -3.18. The zero-order valence-electron chi connectivity index (χ0n) is 16.6. The van der Waals surface area contributed by atoms with Crippen molar-refractivity contribution in [1.82, 2.24) is 14.4 Å². The van der Waals surface area contributed by atoms with Gasteiger partial charge in [-0.25, -0.2) is 8.42 Å². The van der Waals surface area contributed by atoms with Crippen LogP contribution in [0.3, 0.4) is 0 Å². The molecule has 0 atom stereocenters. The lowest BCUT2D eigenvalue weighted by atomic mass is 10.1. The van der Waals surface area contributed by atoms with Crippen LogP contribution < -0.4 is 0 Å². The van der Waals surface area contributed by atoms with E-state index in [-0.39, 0.29) is 31.9 Å². The van der Waals surface area contributed by atoms with Crippen LogP contribution in [0.5, 0.6) is 0 Å². The second-order valence-corrected chi connectivity index (χ2v) is 9.04. The minimum atomic E-state index is -4.80. The zero-order chi connectivity index (χ0) is 22.9. The Balaban J connectivity index is 1.47. The summed E-state index contributed by atoms with van der Waals surface area (Å²) in [4.78, 5) is 13.3. The molecule has 0 spiro atoms. The van der Waals surface area contributed by atoms with Crippen molar-refractivity contribution in [3.05, 3.63) is 71.9 Å². The van der Waals surface area contributed by atoms with Gasteiger partial charge >= 0.3 is 6.18 Å². The van der Waals surface area contributed by atoms with Crippen LogP contribution in [0.1, 0.15) is 16.1 Å². The summed E-state index contributed by atoms with van der Waals surface area (Å²) in [5, 5.41) is 3.80. The molecule has 1 aromatic heterocycles. The number of piperazine rings is 1. The van der Waals surface area contributed by atoms with Crippen molar-refractivity contribution < 1.29 is 30.9 Å². The molecule has 3 aromatic rings. The standard InChI is InChI=1S/C21H18F3N3O4S/c22-21(23,24)16-8-4-5-9-19(16)32(29,30)27-12-10-26(11-13-27)20(28)17-14-18(31-25-17)15-6-2-1-3-7-15/h1-9,14H,10-13H2. The van der Waals surface area contributed by atoms with Gasteiger partial charge in [0.1, 0.15) is 0 Å². The van der Waals surface area contributed by atoms with Crippen LogP contribution in [0.4, 0.5) is 13.2 Å². The fourth-order valence-corrected chi connectivity index (χ4v) is 5.11. The van der Waals surface area contributed by atoms with E-state index in [1.165, 1.54) is 17.0 Å². The van der Waals surface area contributed by atoms with Crippen LogP contribution in [0.15, 0.2) is 70.1 Å². The van der Waals surface area contributed by atoms with Crippen molar-refractivity contribution in [2.45, 2.75) is 11.1 Å². The molecule has 2 heterocycles. The lowest BCUT2D eigenvalue weighted by Crippen LogP contribution is -2.50. The third-order valence-corrected chi connectivity index (χ3v) is 7.08. The van der Waals surface area contributed by atoms with E-state index in [1.54, 1.807) is 12.1 Å². The van der Waals surface area contributed by atoms with Crippen molar-refractivity contribution >= 4 is 15.9 Å². The number of carbonyl (C=O) groups is 1. The molecule has 168 valence electrons. The number of sulfonamides is 1. The van der Waals surface area contributed by atoms with E-state index in [4.69, 9.17) is 4.52 Å². The van der Waals surface area contributed by atoms with Gasteiger partial charge in [-0.15, -0.1) is 0 Å². The fourth-order valence-electron chi connectivity index (χ4n) is 3.47. The second-order valence-electron chi connectivity index (χ2n) is 7.13. The largest absolute Gasteiger partial charge is 0.417 e. The molecular weight excluding hydrogens is 447 g/mol. The van der Waals surface area contributed by atoms with Crippen molar-refractivity contribution in [2.75, 3.05) is 26.2 Å². The number of hydrogen-bond acceptors (Lipinski definition) is 5. The van der Waals surface area contributed by atoms with Crippen LogP contribution in [-0.2, 0) is 16.2 Å². The molecule has 1 aliphatic heterocycles. The molecular formula is C21H18F3N3O4S. The predicted molar refractivity (Wildman–Crippen MR) is 108 cm³/mol. The van der Waals surface area contributed by atoms with Gasteiger partial charge in [-0.05, 0) is 12.1 Å². The van der Waals surface area contributed by atoms with Crippen molar-refractivity contribution in [3.8, 4) is 11.3 Å². The fraction of sp³-hybridized carbons (Fsp3) is 0.238. The molecule has 1 aliphatic rings. The molecule has 7 nitrogen and oxygen atoms in total. The number of aromatic nitrogens is 1. The summed E-state index contributed by atoms with van der Waals surface area (Å²) in [6.45, 7) is -0.243. The molecule has 11 heteroatoms. The first kappa shape index (κ1) is 22.0. The number of hydrogen-bond donors (Lipinski definition) is 0. The van der Waals surface area contributed by atoms with Crippen LogP contribution in [-0.4, -0.2) is 54.9 Å². The van der Waals surface area contributed by atoms with Gasteiger partial charge in [0.25, 0.3) is 5.91 Å². The van der Waals surface area contributed by atoms with Crippen molar-refractivity contribution in [3.63, 3.8) is 0 Å². The highest BCUT2D eigenvalue weighted by Gasteiger charge is 2.40. The van der Waals surface area contributed by atoms with Gasteiger partial charge in [0.15, 0.2) is 11.5 Å². The van der Waals surface area contributed by atoms with Gasteiger partial charge in [0.05, 0.1) is 10.5 Å². The van der Waals surface area contributed by atoms with Gasteiger partial charge in [0, 0.05) is 37.8 Å². The summed E-state index contributed by atoms with van der Waals surface area (Å²) in [6, 6.07) is 14.6. The summed E-state index contributed by atoms with van der Waals surface area (Å²) in [5.74, 6) is -0.0254. The molecule has 0 N–H and O–H groups in total. The maximum Gasteiger partial charge on any atom is 0.417 e. The second kappa shape index (κ2) is 8.40. The zero-order valence-corrected chi connectivity index (χ0v) is 17.4. The summed E-state index contributed by atoms with van der Waals surface area (Å²) < 4.78 is 71.7. The molecule has 4 rings (SSSR count). The molecule has 0 saturated carbocycles. The van der Waals surface area contributed by atoms with Crippen LogP contribution in [0.25, 0.3) is 11.3 Å². The molecule has 1 fully saturated rings. The first-order valence-corrected chi connectivity index (χ1v) is 11.1. The SMILES string of the molecule is O=C(c1cc(-c2ccccc2)on1)N1CCN(S(=O)(=O)c2ccccc2C(F)(F)F)CC1. The van der Waals surface area contributed by atoms with Gasteiger partial charge < -0.3 is 9.42 Å². The Morgan fingerprint density at radius 3 is 2.22 bits per heavy atom. The summed E-state index contributed by atoms with van der Waals surface area (Å²) in [6.07, 6.45) is -4.80. The quantitative estimate of drug-likeness (QED) is 0.589. The van der Waals surface area contributed by atoms with E-state index >= 15 is 0 Å². The third-order valence-electron chi connectivity index (χ3n) is 5.12. The molecule has 32 heavy (non-hydrogen) atoms. The van der Waals surface area contributed by atoms with Crippen LogP contribution >= 0.6 is 0 Å². The van der Waals surface area contributed by atoms with Crippen molar-refractivity contribution in [1.29, 1.82) is 0 Å². The lowest BCUT2D eigenvalue weighted by Gasteiger charge is -2.34. The number of amides is 1. The van der Waals surface area contributed by atoms with Gasteiger partial charge in [-0.3, -0.25) is 4.79 Å². The van der Waals surface area contributed by atoms with Crippen LogP contribution in [0, 0.1) is 0 Å². The van der Waals surface area contributed by atoms with Gasteiger partial charge in [0.2, 0.25) is 10.0 Å². The average molecular weight is 465 g/mol. The third kappa shape index (κ3) is 4.26. The van der Waals surface area contributed by atoms with E-state index in [9.17, 15) is 26.4 Å². The Labute approximate surface area is 182 Å². The summed E-state index contributed by atoms with van der Waals surface area (Å²) >= 11 is 0. The number of benzene rings is 2. The Kier molecular flexibility index (Phi) is 5.78. The maximum atomic E-state index is 13.3. The topological polar surface area (TPSA) is 83.7 Å². The molecule has 2 aromatic carbocycles. The number of nitrogens with zero attached hydrogens (tertiary/aromatic N) is 3. The maximum absolute atomic E-state index is 13.3.